The smallest absolute Gasteiger partial charge is 0.726 e. The Morgan fingerprint density at radius 2 is 0.814 bits per heavy atom. The summed E-state index contributed by atoms with van der Waals surface area (Å²) in [5.74, 6) is 0.0500. The first-order valence-electron chi connectivity index (χ1n) is 16.5. The van der Waals surface area contributed by atoms with Crippen molar-refractivity contribution in [2.45, 2.75) is 156 Å². The zero-order chi connectivity index (χ0) is 32.0. The van der Waals surface area contributed by atoms with Crippen molar-refractivity contribution >= 4 is 58.5 Å². The van der Waals surface area contributed by atoms with Gasteiger partial charge in [0.2, 0.25) is 20.8 Å². The third-order valence-corrected chi connectivity index (χ3v) is 7.82. The molecule has 252 valence electrons. The van der Waals surface area contributed by atoms with Crippen molar-refractivity contribution < 1.29 is 34.3 Å². The summed E-state index contributed by atoms with van der Waals surface area (Å²) in [5, 5.41) is 0. The molecule has 0 aliphatic rings. The molecule has 43 heavy (non-hydrogen) atoms. The molecule has 11 heteroatoms. The topological polar surface area (TPSA) is 133 Å². The molecule has 0 N–H and O–H groups in total. The molecule has 0 aromatic rings. The van der Waals surface area contributed by atoms with Gasteiger partial charge in [0.05, 0.1) is 13.2 Å². The third kappa shape index (κ3) is 42.5. The SMILES string of the molecule is CCCCC/C=C/C(CCCCCCC)COS(=O)(=O)[O-].CCCCC/C=C/C(CCCCCCC)COS(=O)(=O)[O-].[Ca+2]. The Hall–Kier alpha value is 0.480. The van der Waals surface area contributed by atoms with Crippen LogP contribution in [0.5, 0.6) is 0 Å². The Bertz CT molecular complexity index is 775. The van der Waals surface area contributed by atoms with Crippen LogP contribution >= 0.6 is 0 Å². The molecule has 2 atom stereocenters. The summed E-state index contributed by atoms with van der Waals surface area (Å²) < 4.78 is 72.2. The van der Waals surface area contributed by atoms with Crippen molar-refractivity contribution in [1.82, 2.24) is 0 Å². The number of rotatable bonds is 28. The summed E-state index contributed by atoms with van der Waals surface area (Å²) in [7, 11) is -9.16. The molecule has 2 unspecified atom stereocenters. The van der Waals surface area contributed by atoms with E-state index in [-0.39, 0.29) is 62.8 Å². The fourth-order valence-corrected chi connectivity index (χ4v) is 5.12. The molecule has 0 aliphatic carbocycles. The first-order valence-corrected chi connectivity index (χ1v) is 19.2. The van der Waals surface area contributed by atoms with Crippen molar-refractivity contribution in [2.24, 2.45) is 11.8 Å². The molecule has 0 aromatic heterocycles. The van der Waals surface area contributed by atoms with E-state index in [0.717, 1.165) is 64.2 Å². The molecule has 8 nitrogen and oxygen atoms in total. The largest absolute Gasteiger partial charge is 2.00 e. The van der Waals surface area contributed by atoms with Crippen LogP contribution in [0.25, 0.3) is 0 Å². The predicted octanol–water partition coefficient (Wildman–Crippen LogP) is 8.77. The summed E-state index contributed by atoms with van der Waals surface area (Å²) in [6.07, 6.45) is 30.8. The number of unbranched alkanes of at least 4 members (excludes halogenated alkanes) is 14. The molecule has 0 fully saturated rings. The molecule has 0 heterocycles. The maximum absolute atomic E-state index is 10.6. The minimum absolute atomic E-state index is 0. The standard InChI is InChI=1S/2C16H32O4S.Ca/c2*1-3-5-7-9-11-13-16(15-20-21(17,18)19)14-12-10-8-6-4-2;/h2*11,13,16H,3-10,12,14-15H2,1-2H3,(H,17,18,19);/q;;+2/p-2/b2*13-11+;. The van der Waals surface area contributed by atoms with Crippen LogP contribution in [0, 0.1) is 11.8 Å². The van der Waals surface area contributed by atoms with Crippen LogP contribution in [0.3, 0.4) is 0 Å². The van der Waals surface area contributed by atoms with Gasteiger partial charge in [0.25, 0.3) is 0 Å². The summed E-state index contributed by atoms with van der Waals surface area (Å²) in [4.78, 5) is 0. The molecule has 0 amide bonds. The van der Waals surface area contributed by atoms with Gasteiger partial charge in [-0.1, -0.05) is 142 Å². The number of allylic oxidation sites excluding steroid dienone is 2. The molecule has 0 bridgehead atoms. The summed E-state index contributed by atoms with van der Waals surface area (Å²) in [6, 6.07) is 0. The Labute approximate surface area is 296 Å². The number of hydrogen-bond donors (Lipinski definition) is 0. The van der Waals surface area contributed by atoms with Crippen LogP contribution in [0.1, 0.15) is 156 Å². The van der Waals surface area contributed by atoms with Gasteiger partial charge in [0, 0.05) is 11.8 Å². The zero-order valence-electron chi connectivity index (χ0n) is 27.8. The second-order valence-electron chi connectivity index (χ2n) is 11.2. The Balaban J connectivity index is -0.000000727. The Morgan fingerprint density at radius 3 is 1.12 bits per heavy atom. The average molecular weight is 679 g/mol. The van der Waals surface area contributed by atoms with E-state index in [0.29, 0.717) is 0 Å². The van der Waals surface area contributed by atoms with E-state index >= 15 is 0 Å². The molecule has 0 radical (unpaired) electrons. The van der Waals surface area contributed by atoms with Crippen molar-refractivity contribution in [3.8, 4) is 0 Å². The molecule has 0 aromatic carbocycles. The predicted molar refractivity (Wildman–Crippen MR) is 177 cm³/mol. The van der Waals surface area contributed by atoms with Crippen LogP contribution in [-0.4, -0.2) is 76.9 Å². The van der Waals surface area contributed by atoms with E-state index in [2.05, 4.69) is 48.2 Å². The van der Waals surface area contributed by atoms with Crippen molar-refractivity contribution in [2.75, 3.05) is 13.2 Å². The molecular formula is C32H62CaO8S2. The minimum atomic E-state index is -4.58. The van der Waals surface area contributed by atoms with E-state index in [1.165, 1.54) is 64.2 Å². The Kier molecular flexibility index (Phi) is 37.7. The van der Waals surface area contributed by atoms with Crippen LogP contribution in [0.4, 0.5) is 0 Å². The van der Waals surface area contributed by atoms with Crippen LogP contribution in [0.15, 0.2) is 24.3 Å². The van der Waals surface area contributed by atoms with Gasteiger partial charge in [-0.2, -0.15) is 0 Å². The van der Waals surface area contributed by atoms with Gasteiger partial charge < -0.3 is 9.11 Å². The van der Waals surface area contributed by atoms with E-state index in [1.807, 2.05) is 12.2 Å². The van der Waals surface area contributed by atoms with Gasteiger partial charge in [-0.25, -0.2) is 16.8 Å². The van der Waals surface area contributed by atoms with E-state index in [9.17, 15) is 25.9 Å². The van der Waals surface area contributed by atoms with E-state index < -0.39 is 20.8 Å². The first-order chi connectivity index (χ1) is 20.0. The number of hydrogen-bond acceptors (Lipinski definition) is 8. The van der Waals surface area contributed by atoms with Gasteiger partial charge >= 0.3 is 37.7 Å². The fourth-order valence-electron chi connectivity index (χ4n) is 4.43. The molecule has 0 rings (SSSR count). The molecule has 0 aliphatic heterocycles. The van der Waals surface area contributed by atoms with Crippen LogP contribution in [-0.2, 0) is 29.2 Å². The van der Waals surface area contributed by atoms with Crippen LogP contribution < -0.4 is 0 Å². The van der Waals surface area contributed by atoms with Crippen LogP contribution in [0.2, 0.25) is 0 Å². The van der Waals surface area contributed by atoms with Crippen molar-refractivity contribution in [3.63, 3.8) is 0 Å². The molecule has 0 saturated carbocycles. The van der Waals surface area contributed by atoms with Gasteiger partial charge in [0.15, 0.2) is 0 Å². The van der Waals surface area contributed by atoms with Gasteiger partial charge in [-0.3, -0.25) is 8.37 Å². The van der Waals surface area contributed by atoms with E-state index in [1.54, 1.807) is 0 Å². The second-order valence-corrected chi connectivity index (χ2v) is 13.3. The summed E-state index contributed by atoms with van der Waals surface area (Å²) >= 11 is 0. The summed E-state index contributed by atoms with van der Waals surface area (Å²) in [6.45, 7) is 8.63. The van der Waals surface area contributed by atoms with Gasteiger partial charge in [-0.15, -0.1) is 0 Å². The van der Waals surface area contributed by atoms with E-state index in [4.69, 9.17) is 0 Å². The fraction of sp³-hybridized carbons (Fsp3) is 0.875. The molecule has 0 spiro atoms. The molecular weight excluding hydrogens is 617 g/mol. The minimum Gasteiger partial charge on any atom is -0.726 e. The first kappa shape index (κ1) is 47.9. The van der Waals surface area contributed by atoms with Crippen molar-refractivity contribution in [1.29, 1.82) is 0 Å². The van der Waals surface area contributed by atoms with Crippen molar-refractivity contribution in [3.05, 3.63) is 24.3 Å². The quantitative estimate of drug-likeness (QED) is 0.0264. The second kappa shape index (κ2) is 33.8. The maximum Gasteiger partial charge on any atom is 2.00 e. The Morgan fingerprint density at radius 1 is 0.512 bits per heavy atom. The normalized spacial score (nSPS) is 13.5. The van der Waals surface area contributed by atoms with Gasteiger partial charge in [0.1, 0.15) is 0 Å². The third-order valence-electron chi connectivity index (χ3n) is 6.98. The summed E-state index contributed by atoms with van der Waals surface area (Å²) in [5.41, 5.74) is 0. The van der Waals surface area contributed by atoms with Gasteiger partial charge in [-0.05, 0) is 38.5 Å². The monoisotopic (exact) mass is 678 g/mol. The average Bonchev–Trinajstić information content (AvgIpc) is 2.92. The molecule has 0 saturated heterocycles. The maximum atomic E-state index is 10.6. The zero-order valence-corrected chi connectivity index (χ0v) is 31.7.